The minimum atomic E-state index is -0.0132. The van der Waals surface area contributed by atoms with Gasteiger partial charge in [-0.3, -0.25) is 4.79 Å². The second-order valence-corrected chi connectivity index (χ2v) is 3.84. The second-order valence-electron chi connectivity index (χ2n) is 3.40. The monoisotopic (exact) mass is 232 g/mol. The van der Waals surface area contributed by atoms with Gasteiger partial charge in [0, 0.05) is 5.02 Å². The maximum Gasteiger partial charge on any atom is 0.153 e. The number of hydrogen-bond acceptors (Lipinski definition) is 2. The third kappa shape index (κ3) is 2.07. The molecule has 0 bridgehead atoms. The molecule has 0 aliphatic heterocycles. The topological polar surface area (TPSA) is 37.3 Å². The fraction of sp³-hybridized carbons (Fsp3) is 0. The van der Waals surface area contributed by atoms with Gasteiger partial charge in [0.1, 0.15) is 5.75 Å². The van der Waals surface area contributed by atoms with Gasteiger partial charge >= 0.3 is 0 Å². The first-order chi connectivity index (χ1) is 7.70. The van der Waals surface area contributed by atoms with E-state index in [0.29, 0.717) is 11.3 Å². The molecule has 0 aromatic heterocycles. The van der Waals surface area contributed by atoms with Gasteiger partial charge < -0.3 is 5.11 Å². The average Bonchev–Trinajstić information content (AvgIpc) is 2.29. The smallest absolute Gasteiger partial charge is 0.153 e. The molecule has 0 aliphatic carbocycles. The van der Waals surface area contributed by atoms with E-state index in [0.717, 1.165) is 11.1 Å². The van der Waals surface area contributed by atoms with Crippen LogP contribution in [0, 0.1) is 0 Å². The van der Waals surface area contributed by atoms with Crippen molar-refractivity contribution in [3.63, 3.8) is 0 Å². The third-order valence-electron chi connectivity index (χ3n) is 2.31. The Bertz CT molecular complexity index is 535. The number of aldehydes is 1. The summed E-state index contributed by atoms with van der Waals surface area (Å²) in [4.78, 5) is 10.7. The van der Waals surface area contributed by atoms with E-state index in [2.05, 4.69) is 0 Å². The zero-order valence-corrected chi connectivity index (χ0v) is 9.11. The van der Waals surface area contributed by atoms with Crippen molar-refractivity contribution in [1.82, 2.24) is 0 Å². The number of phenols is 1. The highest BCUT2D eigenvalue weighted by Crippen LogP contribution is 2.26. The van der Waals surface area contributed by atoms with Crippen molar-refractivity contribution in [2.75, 3.05) is 0 Å². The summed E-state index contributed by atoms with van der Waals surface area (Å²) in [6, 6.07) is 12.2. The van der Waals surface area contributed by atoms with Gasteiger partial charge in [0.25, 0.3) is 0 Å². The van der Waals surface area contributed by atoms with Gasteiger partial charge in [-0.1, -0.05) is 29.8 Å². The molecule has 0 atom stereocenters. The number of halogens is 1. The van der Waals surface area contributed by atoms with Gasteiger partial charge in [0.15, 0.2) is 6.29 Å². The summed E-state index contributed by atoms with van der Waals surface area (Å²) in [5.74, 6) is -0.0132. The van der Waals surface area contributed by atoms with E-state index in [9.17, 15) is 9.90 Å². The van der Waals surface area contributed by atoms with Crippen LogP contribution >= 0.6 is 11.6 Å². The standard InChI is InChI=1S/C13H9ClO2/c14-12-3-1-2-9(7-12)10-4-5-13(16)11(6-10)8-15/h1-8,16H. The summed E-state index contributed by atoms with van der Waals surface area (Å²) in [7, 11) is 0. The summed E-state index contributed by atoms with van der Waals surface area (Å²) >= 11 is 5.88. The molecule has 2 aromatic rings. The molecule has 0 saturated heterocycles. The van der Waals surface area contributed by atoms with Crippen LogP contribution in [0.1, 0.15) is 10.4 Å². The van der Waals surface area contributed by atoms with Crippen molar-refractivity contribution < 1.29 is 9.90 Å². The Morgan fingerprint density at radius 2 is 1.81 bits per heavy atom. The summed E-state index contributed by atoms with van der Waals surface area (Å²) in [5, 5.41) is 10.0. The van der Waals surface area contributed by atoms with Crippen LogP contribution in [-0.2, 0) is 0 Å². The number of phenolic OH excluding ortho intramolecular Hbond substituents is 1. The lowest BCUT2D eigenvalue weighted by Crippen LogP contribution is -1.84. The number of hydrogen-bond donors (Lipinski definition) is 1. The third-order valence-corrected chi connectivity index (χ3v) is 2.55. The zero-order valence-electron chi connectivity index (χ0n) is 8.35. The van der Waals surface area contributed by atoms with Gasteiger partial charge in [-0.2, -0.15) is 0 Å². The highest BCUT2D eigenvalue weighted by atomic mass is 35.5. The number of rotatable bonds is 2. The fourth-order valence-corrected chi connectivity index (χ4v) is 1.69. The fourth-order valence-electron chi connectivity index (χ4n) is 1.50. The van der Waals surface area contributed by atoms with Crippen molar-refractivity contribution in [3.8, 4) is 16.9 Å². The van der Waals surface area contributed by atoms with E-state index in [4.69, 9.17) is 11.6 Å². The van der Waals surface area contributed by atoms with E-state index in [-0.39, 0.29) is 11.3 Å². The molecule has 0 unspecified atom stereocenters. The molecule has 0 fully saturated rings. The van der Waals surface area contributed by atoms with Crippen LogP contribution in [0.5, 0.6) is 5.75 Å². The van der Waals surface area contributed by atoms with Crippen LogP contribution in [-0.4, -0.2) is 11.4 Å². The number of benzene rings is 2. The van der Waals surface area contributed by atoms with Crippen molar-refractivity contribution in [2.24, 2.45) is 0 Å². The Labute approximate surface area is 98.1 Å². The Balaban J connectivity index is 2.52. The lowest BCUT2D eigenvalue weighted by atomic mass is 10.0. The van der Waals surface area contributed by atoms with Gasteiger partial charge in [0.2, 0.25) is 0 Å². The van der Waals surface area contributed by atoms with Crippen LogP contribution in [0.3, 0.4) is 0 Å². The molecular weight excluding hydrogens is 224 g/mol. The van der Waals surface area contributed by atoms with Crippen molar-refractivity contribution in [2.45, 2.75) is 0 Å². The number of carbonyl (C=O) groups excluding carboxylic acids is 1. The summed E-state index contributed by atoms with van der Waals surface area (Å²) in [6.07, 6.45) is 0.628. The quantitative estimate of drug-likeness (QED) is 0.805. The molecule has 80 valence electrons. The minimum Gasteiger partial charge on any atom is -0.507 e. The van der Waals surface area contributed by atoms with Gasteiger partial charge in [0.05, 0.1) is 5.56 Å². The van der Waals surface area contributed by atoms with Crippen LogP contribution in [0.25, 0.3) is 11.1 Å². The highest BCUT2D eigenvalue weighted by molar-refractivity contribution is 6.30. The number of aromatic hydroxyl groups is 1. The average molecular weight is 233 g/mol. The van der Waals surface area contributed by atoms with Crippen molar-refractivity contribution in [3.05, 3.63) is 53.1 Å². The van der Waals surface area contributed by atoms with E-state index < -0.39 is 0 Å². The first-order valence-electron chi connectivity index (χ1n) is 4.75. The molecule has 1 N–H and O–H groups in total. The maximum absolute atomic E-state index is 10.7. The number of carbonyl (C=O) groups is 1. The SMILES string of the molecule is O=Cc1cc(-c2cccc(Cl)c2)ccc1O. The Morgan fingerprint density at radius 1 is 1.06 bits per heavy atom. The van der Waals surface area contributed by atoms with Crippen LogP contribution in [0.15, 0.2) is 42.5 Å². The minimum absolute atomic E-state index is 0.0132. The largest absolute Gasteiger partial charge is 0.507 e. The maximum atomic E-state index is 10.7. The molecule has 3 heteroatoms. The molecule has 16 heavy (non-hydrogen) atoms. The lowest BCUT2D eigenvalue weighted by Gasteiger charge is -2.04. The van der Waals surface area contributed by atoms with Crippen molar-refractivity contribution >= 4 is 17.9 Å². The Morgan fingerprint density at radius 3 is 2.50 bits per heavy atom. The normalized spacial score (nSPS) is 10.1. The van der Waals surface area contributed by atoms with Crippen LogP contribution in [0.2, 0.25) is 5.02 Å². The van der Waals surface area contributed by atoms with E-state index in [1.807, 2.05) is 18.2 Å². The molecule has 0 spiro atoms. The molecule has 0 saturated carbocycles. The molecule has 0 aliphatic rings. The molecule has 2 rings (SSSR count). The molecule has 0 amide bonds. The Kier molecular flexibility index (Phi) is 2.93. The predicted molar refractivity (Wildman–Crippen MR) is 63.9 cm³/mol. The van der Waals surface area contributed by atoms with Gasteiger partial charge in [-0.25, -0.2) is 0 Å². The summed E-state index contributed by atoms with van der Waals surface area (Å²) in [6.45, 7) is 0. The molecular formula is C13H9ClO2. The molecule has 2 nitrogen and oxygen atoms in total. The predicted octanol–water partition coefficient (Wildman–Crippen LogP) is 3.53. The first-order valence-corrected chi connectivity index (χ1v) is 5.12. The zero-order chi connectivity index (χ0) is 11.5. The van der Waals surface area contributed by atoms with Crippen LogP contribution in [0.4, 0.5) is 0 Å². The van der Waals surface area contributed by atoms with Gasteiger partial charge in [-0.05, 0) is 35.4 Å². The van der Waals surface area contributed by atoms with Crippen molar-refractivity contribution in [1.29, 1.82) is 0 Å². The second kappa shape index (κ2) is 4.37. The Hall–Kier alpha value is -1.80. The van der Waals surface area contributed by atoms with E-state index in [1.54, 1.807) is 18.2 Å². The molecule has 0 heterocycles. The van der Waals surface area contributed by atoms with Gasteiger partial charge in [-0.15, -0.1) is 0 Å². The summed E-state index contributed by atoms with van der Waals surface area (Å²) < 4.78 is 0. The molecule has 0 radical (unpaired) electrons. The van der Waals surface area contributed by atoms with Crippen LogP contribution < -0.4 is 0 Å². The van der Waals surface area contributed by atoms with E-state index >= 15 is 0 Å². The highest BCUT2D eigenvalue weighted by Gasteiger charge is 2.03. The first kappa shape index (κ1) is 10.7. The molecule has 2 aromatic carbocycles. The van der Waals surface area contributed by atoms with E-state index in [1.165, 1.54) is 6.07 Å². The lowest BCUT2D eigenvalue weighted by molar-refractivity contribution is 0.112. The summed E-state index contributed by atoms with van der Waals surface area (Å²) in [5.41, 5.74) is 2.04.